The lowest BCUT2D eigenvalue weighted by molar-refractivity contribution is 0.0992. The molecule has 0 fully saturated rings. The number of para-hydroxylation sites is 1. The van der Waals surface area contributed by atoms with Gasteiger partial charge < -0.3 is 14.5 Å². The molecule has 0 spiro atoms. The molecule has 1 amide bonds. The van der Waals surface area contributed by atoms with Gasteiger partial charge in [0, 0.05) is 18.7 Å². The summed E-state index contributed by atoms with van der Waals surface area (Å²) in [5, 5.41) is 3.28. The molecule has 5 rings (SSSR count). The number of hydrogen-bond donors (Lipinski definition) is 1. The Labute approximate surface area is 171 Å². The molecule has 150 valence electrons. The second-order valence-electron chi connectivity index (χ2n) is 7.14. The maximum Gasteiger partial charge on any atom is 0.291 e. The van der Waals surface area contributed by atoms with Gasteiger partial charge in [0.25, 0.3) is 11.5 Å². The van der Waals surface area contributed by atoms with Gasteiger partial charge >= 0.3 is 0 Å². The summed E-state index contributed by atoms with van der Waals surface area (Å²) in [4.78, 5) is 29.8. The van der Waals surface area contributed by atoms with E-state index >= 15 is 0 Å². The average Bonchev–Trinajstić information content (AvgIpc) is 3.43. The van der Waals surface area contributed by atoms with Crippen molar-refractivity contribution in [1.82, 2.24) is 9.55 Å². The number of anilines is 1. The Kier molecular flexibility index (Phi) is 4.55. The van der Waals surface area contributed by atoms with Gasteiger partial charge in [0.15, 0.2) is 5.76 Å². The molecule has 30 heavy (non-hydrogen) atoms. The summed E-state index contributed by atoms with van der Waals surface area (Å²) in [6, 6.07) is 17.8. The number of ether oxygens (including phenoxy) is 1. The fourth-order valence-electron chi connectivity index (χ4n) is 3.60. The molecule has 7 heteroatoms. The molecule has 1 aliphatic rings. The van der Waals surface area contributed by atoms with Gasteiger partial charge in [0.05, 0.1) is 10.9 Å². The lowest BCUT2D eigenvalue weighted by Crippen LogP contribution is -2.21. The Morgan fingerprint density at radius 1 is 1.13 bits per heavy atom. The third kappa shape index (κ3) is 3.45. The first-order valence-corrected chi connectivity index (χ1v) is 9.79. The van der Waals surface area contributed by atoms with E-state index in [1.807, 2.05) is 30.3 Å². The highest BCUT2D eigenvalue weighted by Crippen LogP contribution is 2.20. The zero-order valence-electron chi connectivity index (χ0n) is 16.1. The Hall–Kier alpha value is -3.87. The van der Waals surface area contributed by atoms with Gasteiger partial charge in [-0.15, -0.1) is 0 Å². The topological polar surface area (TPSA) is 86.4 Å². The van der Waals surface area contributed by atoms with Gasteiger partial charge in [-0.1, -0.05) is 18.2 Å². The van der Waals surface area contributed by atoms with Crippen molar-refractivity contribution < 1.29 is 13.9 Å². The van der Waals surface area contributed by atoms with Crippen LogP contribution in [0.15, 0.2) is 69.9 Å². The van der Waals surface area contributed by atoms with Crippen LogP contribution in [0.25, 0.3) is 10.9 Å². The number of aryl methyl sites for hydroxylation is 1. The molecule has 1 N–H and O–H groups in total. The molecule has 0 radical (unpaired) electrons. The van der Waals surface area contributed by atoms with E-state index < -0.39 is 5.91 Å². The predicted molar refractivity (Wildman–Crippen MR) is 112 cm³/mol. The van der Waals surface area contributed by atoms with Crippen LogP contribution in [0.5, 0.6) is 5.75 Å². The summed E-state index contributed by atoms with van der Waals surface area (Å²) in [7, 11) is 0. The van der Waals surface area contributed by atoms with E-state index in [2.05, 4.69) is 10.3 Å². The maximum atomic E-state index is 12.7. The summed E-state index contributed by atoms with van der Waals surface area (Å²) in [5.74, 6) is 1.87. The molecular weight excluding hydrogens is 382 g/mol. The number of aromatic nitrogens is 2. The monoisotopic (exact) mass is 401 g/mol. The van der Waals surface area contributed by atoms with Gasteiger partial charge in [0.1, 0.15) is 23.9 Å². The normalized spacial score (nSPS) is 12.7. The maximum absolute atomic E-state index is 12.7. The smallest absolute Gasteiger partial charge is 0.291 e. The summed E-state index contributed by atoms with van der Waals surface area (Å²) in [6.07, 6.45) is 1.75. The lowest BCUT2D eigenvalue weighted by Gasteiger charge is -2.08. The summed E-state index contributed by atoms with van der Waals surface area (Å²) >= 11 is 0. The van der Waals surface area contributed by atoms with Crippen LogP contribution in [-0.4, -0.2) is 15.5 Å². The van der Waals surface area contributed by atoms with E-state index in [0.29, 0.717) is 28.9 Å². The largest absolute Gasteiger partial charge is 0.486 e. The molecule has 3 heterocycles. The molecule has 0 bridgehead atoms. The average molecular weight is 401 g/mol. The van der Waals surface area contributed by atoms with Crippen molar-refractivity contribution in [2.24, 2.45) is 0 Å². The Morgan fingerprint density at radius 3 is 2.87 bits per heavy atom. The van der Waals surface area contributed by atoms with Crippen LogP contribution in [0, 0.1) is 0 Å². The number of furan rings is 1. The molecule has 0 unspecified atom stereocenters. The van der Waals surface area contributed by atoms with E-state index in [1.165, 1.54) is 0 Å². The first kappa shape index (κ1) is 18.2. The number of nitrogens with one attached hydrogen (secondary N) is 1. The summed E-state index contributed by atoms with van der Waals surface area (Å²) < 4.78 is 12.9. The molecule has 0 aliphatic carbocycles. The van der Waals surface area contributed by atoms with Crippen molar-refractivity contribution >= 4 is 22.5 Å². The zero-order chi connectivity index (χ0) is 20.5. The number of amides is 1. The minimum Gasteiger partial charge on any atom is -0.486 e. The fraction of sp³-hybridized carbons (Fsp3) is 0.174. The Morgan fingerprint density at radius 2 is 2.00 bits per heavy atom. The minimum atomic E-state index is -0.394. The zero-order valence-corrected chi connectivity index (χ0v) is 16.1. The highest BCUT2D eigenvalue weighted by molar-refractivity contribution is 6.03. The number of nitrogens with zero attached hydrogens (tertiary/aromatic N) is 2. The lowest BCUT2D eigenvalue weighted by atomic mass is 10.2. The molecule has 2 aromatic heterocycles. The number of rotatable bonds is 5. The standard InChI is InChI=1S/C23H19N3O4/c27-22(20-11-9-17(30-20)14-29-16-5-2-1-3-6-16)24-15-8-10-19-18(13-15)23(28)26-12-4-7-21(26)25-19/h1-3,5-6,8-11,13H,4,7,12,14H2,(H,24,27). The van der Waals surface area contributed by atoms with E-state index in [-0.39, 0.29) is 17.9 Å². The minimum absolute atomic E-state index is 0.0676. The predicted octanol–water partition coefficient (Wildman–Crippen LogP) is 3.77. The fourth-order valence-corrected chi connectivity index (χ4v) is 3.60. The Balaban J connectivity index is 1.31. The number of carbonyl (C=O) groups excluding carboxylic acids is 1. The third-order valence-electron chi connectivity index (χ3n) is 5.08. The van der Waals surface area contributed by atoms with Crippen LogP contribution < -0.4 is 15.6 Å². The second-order valence-corrected chi connectivity index (χ2v) is 7.14. The quantitative estimate of drug-likeness (QED) is 0.550. The van der Waals surface area contributed by atoms with E-state index in [0.717, 1.165) is 24.4 Å². The molecule has 0 saturated carbocycles. The Bertz CT molecular complexity index is 1290. The van der Waals surface area contributed by atoms with E-state index in [1.54, 1.807) is 34.9 Å². The second kappa shape index (κ2) is 7.51. The molecule has 0 saturated heterocycles. The van der Waals surface area contributed by atoms with Crippen molar-refractivity contribution in [1.29, 1.82) is 0 Å². The molecule has 4 aromatic rings. The SMILES string of the molecule is O=C(Nc1ccc2nc3n(c(=O)c2c1)CCC3)c1ccc(COc2ccccc2)o1. The number of fused-ring (bicyclic) bond motifs is 2. The molecular formula is C23H19N3O4. The van der Waals surface area contributed by atoms with E-state index in [4.69, 9.17) is 9.15 Å². The van der Waals surface area contributed by atoms with Crippen molar-refractivity contribution in [3.05, 3.63) is 88.4 Å². The van der Waals surface area contributed by atoms with Crippen LogP contribution in [0.1, 0.15) is 28.6 Å². The van der Waals surface area contributed by atoms with Crippen LogP contribution in [0.4, 0.5) is 5.69 Å². The first-order valence-electron chi connectivity index (χ1n) is 9.79. The van der Waals surface area contributed by atoms with Crippen molar-refractivity contribution in [2.75, 3.05) is 5.32 Å². The van der Waals surface area contributed by atoms with Crippen molar-refractivity contribution in [3.8, 4) is 5.75 Å². The van der Waals surface area contributed by atoms with Gasteiger partial charge in [0.2, 0.25) is 0 Å². The van der Waals surface area contributed by atoms with Crippen molar-refractivity contribution in [2.45, 2.75) is 26.0 Å². The molecule has 1 aliphatic heterocycles. The third-order valence-corrected chi connectivity index (χ3v) is 5.08. The summed E-state index contributed by atoms with van der Waals surface area (Å²) in [6.45, 7) is 0.911. The number of carbonyl (C=O) groups is 1. The van der Waals surface area contributed by atoms with Gasteiger partial charge in [-0.05, 0) is 48.9 Å². The van der Waals surface area contributed by atoms with Gasteiger partial charge in [-0.3, -0.25) is 14.2 Å². The van der Waals surface area contributed by atoms with Gasteiger partial charge in [-0.2, -0.15) is 0 Å². The van der Waals surface area contributed by atoms with Crippen molar-refractivity contribution in [3.63, 3.8) is 0 Å². The van der Waals surface area contributed by atoms with Crippen LogP contribution in [0.2, 0.25) is 0 Å². The van der Waals surface area contributed by atoms with Gasteiger partial charge in [-0.25, -0.2) is 4.98 Å². The number of hydrogen-bond acceptors (Lipinski definition) is 5. The first-order chi connectivity index (χ1) is 14.7. The molecule has 7 nitrogen and oxygen atoms in total. The molecule has 0 atom stereocenters. The highest BCUT2D eigenvalue weighted by atomic mass is 16.5. The number of benzene rings is 2. The van der Waals surface area contributed by atoms with Crippen LogP contribution in [0.3, 0.4) is 0 Å². The van der Waals surface area contributed by atoms with E-state index in [9.17, 15) is 9.59 Å². The highest BCUT2D eigenvalue weighted by Gasteiger charge is 2.17. The van der Waals surface area contributed by atoms with Crippen LogP contribution in [-0.2, 0) is 19.6 Å². The summed E-state index contributed by atoms with van der Waals surface area (Å²) in [5.41, 5.74) is 1.09. The van der Waals surface area contributed by atoms with Crippen LogP contribution >= 0.6 is 0 Å². The molecule has 2 aromatic carbocycles.